The fraction of sp³-hybridized carbons (Fsp3) is 0.217. The molecule has 2 aromatic carbocycles. The summed E-state index contributed by atoms with van der Waals surface area (Å²) in [5, 5.41) is 10.9. The zero-order valence-corrected chi connectivity index (χ0v) is 16.9. The number of nitrogens with one attached hydrogen (secondary N) is 1. The molecule has 7 nitrogen and oxygen atoms in total. The highest BCUT2D eigenvalue weighted by Crippen LogP contribution is 2.20. The molecule has 4 rings (SSSR count). The van der Waals surface area contributed by atoms with Gasteiger partial charge in [-0.3, -0.25) is 9.59 Å². The van der Waals surface area contributed by atoms with Crippen LogP contribution in [0.25, 0.3) is 11.3 Å². The zero-order chi connectivity index (χ0) is 21.8. The van der Waals surface area contributed by atoms with Crippen molar-refractivity contribution in [2.75, 3.05) is 20.2 Å². The first-order valence-electron chi connectivity index (χ1n) is 9.88. The molecule has 31 heavy (non-hydrogen) atoms. The molecule has 0 aliphatic carbocycles. The van der Waals surface area contributed by atoms with Crippen molar-refractivity contribution in [1.29, 1.82) is 0 Å². The Labute approximate surface area is 178 Å². The molecule has 1 fully saturated rings. The van der Waals surface area contributed by atoms with Crippen LogP contribution in [0.5, 0.6) is 5.88 Å². The van der Waals surface area contributed by atoms with Gasteiger partial charge in [0.25, 0.3) is 11.8 Å². The van der Waals surface area contributed by atoms with Crippen molar-refractivity contribution in [2.45, 2.75) is 12.5 Å². The summed E-state index contributed by atoms with van der Waals surface area (Å²) in [6, 6.07) is 16.3. The second-order valence-corrected chi connectivity index (χ2v) is 7.23. The topological polar surface area (TPSA) is 84.4 Å². The number of hydrogen-bond acceptors (Lipinski definition) is 5. The van der Waals surface area contributed by atoms with Crippen molar-refractivity contribution >= 4 is 11.8 Å². The summed E-state index contributed by atoms with van der Waals surface area (Å²) in [4.78, 5) is 26.8. The van der Waals surface area contributed by atoms with E-state index >= 15 is 0 Å². The lowest BCUT2D eigenvalue weighted by molar-refractivity contribution is 0.0783. The van der Waals surface area contributed by atoms with Crippen LogP contribution in [-0.2, 0) is 0 Å². The smallest absolute Gasteiger partial charge is 0.254 e. The van der Waals surface area contributed by atoms with Gasteiger partial charge >= 0.3 is 0 Å². The van der Waals surface area contributed by atoms with E-state index in [4.69, 9.17) is 4.74 Å². The van der Waals surface area contributed by atoms with E-state index < -0.39 is 11.7 Å². The quantitative estimate of drug-likeness (QED) is 0.686. The first-order chi connectivity index (χ1) is 15.0. The van der Waals surface area contributed by atoms with E-state index in [0.29, 0.717) is 36.6 Å². The molecule has 0 radical (unpaired) electrons. The molecule has 8 heteroatoms. The first kappa shape index (κ1) is 20.5. The molecule has 1 N–H and O–H groups in total. The minimum Gasteiger partial charge on any atom is -0.480 e. The zero-order valence-electron chi connectivity index (χ0n) is 16.9. The van der Waals surface area contributed by atoms with Gasteiger partial charge < -0.3 is 15.0 Å². The van der Waals surface area contributed by atoms with Gasteiger partial charge in [0, 0.05) is 36.3 Å². The van der Waals surface area contributed by atoms with Crippen molar-refractivity contribution in [1.82, 2.24) is 20.4 Å². The average Bonchev–Trinajstić information content (AvgIpc) is 3.27. The fourth-order valence-electron chi connectivity index (χ4n) is 3.52. The normalized spacial score (nSPS) is 15.5. The Balaban J connectivity index is 1.37. The molecule has 2 heterocycles. The Hall–Kier alpha value is -3.81. The van der Waals surface area contributed by atoms with Crippen LogP contribution in [0.2, 0.25) is 0 Å². The van der Waals surface area contributed by atoms with Crippen molar-refractivity contribution in [3.8, 4) is 17.1 Å². The molecule has 1 saturated heterocycles. The van der Waals surface area contributed by atoms with E-state index in [0.717, 1.165) is 5.56 Å². The van der Waals surface area contributed by atoms with Crippen LogP contribution in [0.1, 0.15) is 27.1 Å². The number of carbonyl (C=O) groups excluding carboxylic acids is 2. The highest BCUT2D eigenvalue weighted by Gasteiger charge is 2.28. The summed E-state index contributed by atoms with van der Waals surface area (Å²) >= 11 is 0. The average molecular weight is 420 g/mol. The number of likely N-dealkylation sites (tertiary alicyclic amines) is 1. The second-order valence-electron chi connectivity index (χ2n) is 7.23. The van der Waals surface area contributed by atoms with Crippen molar-refractivity contribution in [3.63, 3.8) is 0 Å². The number of benzene rings is 2. The molecule has 1 aliphatic rings. The van der Waals surface area contributed by atoms with Crippen LogP contribution in [0.3, 0.4) is 0 Å². The number of amides is 2. The van der Waals surface area contributed by atoms with Gasteiger partial charge in [-0.15, -0.1) is 10.2 Å². The Morgan fingerprint density at radius 3 is 2.52 bits per heavy atom. The van der Waals surface area contributed by atoms with Gasteiger partial charge in [0.1, 0.15) is 5.82 Å². The molecule has 0 spiro atoms. The Kier molecular flexibility index (Phi) is 5.88. The maximum Gasteiger partial charge on any atom is 0.254 e. The number of rotatable bonds is 5. The van der Waals surface area contributed by atoms with E-state index in [1.54, 1.807) is 35.2 Å². The fourth-order valence-corrected chi connectivity index (χ4v) is 3.52. The van der Waals surface area contributed by atoms with E-state index in [1.807, 2.05) is 12.1 Å². The van der Waals surface area contributed by atoms with Gasteiger partial charge in [-0.25, -0.2) is 4.39 Å². The van der Waals surface area contributed by atoms with Crippen LogP contribution in [0, 0.1) is 5.82 Å². The Morgan fingerprint density at radius 1 is 1.06 bits per heavy atom. The molecule has 1 unspecified atom stereocenters. The number of hydrogen-bond donors (Lipinski definition) is 1. The predicted molar refractivity (Wildman–Crippen MR) is 112 cm³/mol. The largest absolute Gasteiger partial charge is 0.480 e. The second kappa shape index (κ2) is 8.91. The van der Waals surface area contributed by atoms with E-state index in [9.17, 15) is 14.0 Å². The van der Waals surface area contributed by atoms with Gasteiger partial charge in [0.15, 0.2) is 0 Å². The molecule has 1 aromatic heterocycles. The number of methoxy groups -OCH3 is 1. The Bertz CT molecular complexity index is 1090. The van der Waals surface area contributed by atoms with Gasteiger partial charge in [0.05, 0.1) is 18.4 Å². The summed E-state index contributed by atoms with van der Waals surface area (Å²) in [6.45, 7) is 0.900. The van der Waals surface area contributed by atoms with Crippen molar-refractivity contribution in [2.24, 2.45) is 0 Å². The van der Waals surface area contributed by atoms with E-state index in [2.05, 4.69) is 15.5 Å². The molecule has 1 atom stereocenters. The van der Waals surface area contributed by atoms with Gasteiger partial charge in [-0.1, -0.05) is 24.3 Å². The lowest BCUT2D eigenvalue weighted by atomic mass is 10.1. The Morgan fingerprint density at radius 2 is 1.84 bits per heavy atom. The number of halogens is 1. The molecule has 158 valence electrons. The number of carbonyl (C=O) groups is 2. The lowest BCUT2D eigenvalue weighted by Gasteiger charge is -2.17. The van der Waals surface area contributed by atoms with E-state index in [-0.39, 0.29) is 17.5 Å². The summed E-state index contributed by atoms with van der Waals surface area (Å²) in [6.07, 6.45) is 0.617. The van der Waals surface area contributed by atoms with Crippen molar-refractivity contribution in [3.05, 3.63) is 77.6 Å². The highest BCUT2D eigenvalue weighted by atomic mass is 19.1. The van der Waals surface area contributed by atoms with Crippen LogP contribution < -0.4 is 10.1 Å². The number of nitrogens with zero attached hydrogens (tertiary/aromatic N) is 3. The summed E-state index contributed by atoms with van der Waals surface area (Å²) in [5.74, 6) is -0.717. The third kappa shape index (κ3) is 4.53. The maximum atomic E-state index is 13.8. The number of aromatic nitrogens is 2. The molecule has 0 saturated carbocycles. The monoisotopic (exact) mass is 420 g/mol. The molecule has 0 bridgehead atoms. The molecular weight excluding hydrogens is 399 g/mol. The van der Waals surface area contributed by atoms with Crippen LogP contribution >= 0.6 is 0 Å². The highest BCUT2D eigenvalue weighted by molar-refractivity contribution is 5.96. The maximum absolute atomic E-state index is 13.8. The third-order valence-electron chi connectivity index (χ3n) is 5.21. The SMILES string of the molecule is COc1ccc(-c2ccc(C(=O)N3CCC(NC(=O)c4ccccc4F)C3)cc2)nn1. The van der Waals surface area contributed by atoms with Crippen LogP contribution in [0.4, 0.5) is 4.39 Å². The summed E-state index contributed by atoms with van der Waals surface area (Å²) < 4.78 is 18.8. The number of ether oxygens (including phenoxy) is 1. The lowest BCUT2D eigenvalue weighted by Crippen LogP contribution is -2.38. The van der Waals surface area contributed by atoms with Crippen LogP contribution in [-0.4, -0.2) is 53.2 Å². The first-order valence-corrected chi connectivity index (χ1v) is 9.88. The predicted octanol–water partition coefficient (Wildman–Crippen LogP) is 2.94. The molecule has 2 amide bonds. The minimum atomic E-state index is -0.562. The van der Waals surface area contributed by atoms with E-state index in [1.165, 1.54) is 25.3 Å². The summed E-state index contributed by atoms with van der Waals surface area (Å²) in [7, 11) is 1.53. The molecular formula is C23H21FN4O3. The van der Waals surface area contributed by atoms with Crippen LogP contribution in [0.15, 0.2) is 60.7 Å². The van der Waals surface area contributed by atoms with Gasteiger partial charge in [-0.05, 0) is 36.8 Å². The minimum absolute atomic E-state index is 0.00416. The summed E-state index contributed by atoms with van der Waals surface area (Å²) in [5.41, 5.74) is 2.07. The third-order valence-corrected chi connectivity index (χ3v) is 5.21. The van der Waals surface area contributed by atoms with Gasteiger partial charge in [-0.2, -0.15) is 0 Å². The molecule has 3 aromatic rings. The molecule has 1 aliphatic heterocycles. The van der Waals surface area contributed by atoms with Crippen molar-refractivity contribution < 1.29 is 18.7 Å². The standard InChI is InChI=1S/C23H21FN4O3/c1-31-21-11-10-20(26-27-21)15-6-8-16(9-7-15)23(30)28-13-12-17(14-28)25-22(29)18-4-2-3-5-19(18)24/h2-11,17H,12-14H2,1H3,(H,25,29). The van der Waals surface area contributed by atoms with Gasteiger partial charge in [0.2, 0.25) is 5.88 Å².